The van der Waals surface area contributed by atoms with E-state index in [4.69, 9.17) is 9.47 Å². The predicted octanol–water partition coefficient (Wildman–Crippen LogP) is 16.7. The topological polar surface area (TPSA) is 179 Å². The van der Waals surface area contributed by atoms with Crippen LogP contribution in [0.5, 0.6) is 0 Å². The average molecular weight is 1410 g/mol. The Morgan fingerprint density at radius 1 is 0.383 bits per heavy atom. The van der Waals surface area contributed by atoms with Gasteiger partial charge in [-0.15, -0.1) is 0 Å². The number of ether oxygens (including phenoxy) is 12. The minimum absolute atomic E-state index is 0.0184. The lowest BCUT2D eigenvalue weighted by Crippen LogP contribution is -2.75. The van der Waals surface area contributed by atoms with Gasteiger partial charge in [0.25, 0.3) is 11.2 Å². The van der Waals surface area contributed by atoms with Gasteiger partial charge in [-0.3, -0.25) is 19.2 Å². The quantitative estimate of drug-likeness (QED) is 0.0616. The van der Waals surface area contributed by atoms with Crippen LogP contribution in [0.25, 0.3) is 0 Å². The van der Waals surface area contributed by atoms with Gasteiger partial charge in [0.05, 0.1) is 58.9 Å². The minimum Gasteiger partial charge on any atom is -0.438 e. The van der Waals surface area contributed by atoms with Crippen molar-refractivity contribution >= 4 is 23.9 Å². The van der Waals surface area contributed by atoms with Crippen LogP contribution in [0.4, 0.5) is 70.2 Å². The van der Waals surface area contributed by atoms with Gasteiger partial charge in [-0.05, 0) is 105 Å². The highest BCUT2D eigenvalue weighted by Crippen LogP contribution is 2.63. The number of fused-ring (bicyclic) bond motifs is 4. The fourth-order valence-corrected chi connectivity index (χ4v) is 10.8. The van der Waals surface area contributed by atoms with E-state index < -0.39 is 94.8 Å². The third-order valence-electron chi connectivity index (χ3n) is 17.9. The Kier molecular flexibility index (Phi) is 36.4. The van der Waals surface area contributed by atoms with Crippen molar-refractivity contribution in [3.05, 3.63) is 0 Å². The van der Waals surface area contributed by atoms with E-state index in [0.717, 1.165) is 64.2 Å². The van der Waals surface area contributed by atoms with Gasteiger partial charge in [0, 0.05) is 40.3 Å². The Morgan fingerprint density at radius 3 is 0.787 bits per heavy atom. The molecule has 4 aliphatic carbocycles. The number of halogens is 16. The van der Waals surface area contributed by atoms with Crippen LogP contribution in [0.2, 0.25) is 0 Å². The zero-order valence-electron chi connectivity index (χ0n) is 56.3. The molecule has 94 heavy (non-hydrogen) atoms. The molecule has 0 aromatic rings. The van der Waals surface area contributed by atoms with Gasteiger partial charge in [0.1, 0.15) is 0 Å². The van der Waals surface area contributed by atoms with Crippen LogP contribution in [-0.2, 0) is 76.0 Å². The molecule has 0 amide bonds. The van der Waals surface area contributed by atoms with Gasteiger partial charge in [-0.1, -0.05) is 92.9 Å². The normalized spacial score (nSPS) is 26.3. The molecule has 4 heterocycles. The molecule has 0 bridgehead atoms. The van der Waals surface area contributed by atoms with E-state index in [0.29, 0.717) is 51.4 Å². The molecule has 32 heteroatoms. The van der Waals surface area contributed by atoms with Crippen molar-refractivity contribution in [3.63, 3.8) is 0 Å². The predicted molar refractivity (Wildman–Crippen MR) is 306 cm³/mol. The third-order valence-corrected chi connectivity index (χ3v) is 17.9. The zero-order chi connectivity index (χ0) is 72.5. The summed E-state index contributed by atoms with van der Waals surface area (Å²) in [4.78, 5) is 44.0. The number of esters is 4. The standard InChI is InChI=1S/2C9H10F6O.2C8H16O3.2C7H10F2O.2C7H14O3/c2*10-8(11,12)7(9(13,14)15)5-3-1-2-4-6(5)16-7;2*1-5-8(2,3)7(9)11-6-10-4;2*8-7(9)5-3-1-2-4-6(5)10-7;2*1-4-6(2)7(8)10-5-9-3/h2*5-6H,1-4H2;2*5-6H2,1-4H3;2*5-6H,1-4H2;2*6H,4-5H2,1-3H3. The number of carbonyl (C=O) groups is 4. The molecule has 8 aliphatic rings. The van der Waals surface area contributed by atoms with Crippen LogP contribution in [0.1, 0.15) is 198 Å². The first-order valence-corrected chi connectivity index (χ1v) is 31.7. The maximum Gasteiger partial charge on any atom is 0.426 e. The Balaban J connectivity index is 0.000000542. The first-order chi connectivity index (χ1) is 43.3. The molecular weight excluding hydrogens is 1300 g/mol. The van der Waals surface area contributed by atoms with Crippen LogP contribution in [0.15, 0.2) is 0 Å². The number of methoxy groups -OCH3 is 4. The van der Waals surface area contributed by atoms with Crippen molar-refractivity contribution in [1.82, 2.24) is 0 Å². The van der Waals surface area contributed by atoms with Gasteiger partial charge < -0.3 is 56.8 Å². The molecule has 0 radical (unpaired) electrons. The van der Waals surface area contributed by atoms with Crippen molar-refractivity contribution in [1.29, 1.82) is 0 Å². The summed E-state index contributed by atoms with van der Waals surface area (Å²) in [6, 6.07) is 0. The largest absolute Gasteiger partial charge is 0.438 e. The lowest BCUT2D eigenvalue weighted by molar-refractivity contribution is -0.469. The SMILES string of the molecule is CCC(C)(C)C(=O)OCOC.CCC(C)(C)C(=O)OCOC.CCC(C)C(=O)OCOC.CCC(C)C(=O)OCOC.FC(F)(F)C1(C(F)(F)F)OC2CCCCC21.FC(F)(F)C1(C(F)(F)F)OC2CCCCC21.FC1(F)OC2CCCCC21.FC1(F)OC2CCCCC21. The zero-order valence-corrected chi connectivity index (χ0v) is 56.3. The summed E-state index contributed by atoms with van der Waals surface area (Å²) in [5.41, 5.74) is -8.60. The minimum atomic E-state index is -5.39. The summed E-state index contributed by atoms with van der Waals surface area (Å²) in [6.45, 7) is 19.1. The summed E-state index contributed by atoms with van der Waals surface area (Å²) in [5, 5.41) is 0. The van der Waals surface area contributed by atoms with Crippen LogP contribution >= 0.6 is 0 Å². The smallest absolute Gasteiger partial charge is 0.426 e. The van der Waals surface area contributed by atoms with E-state index in [2.05, 4.69) is 47.4 Å². The second kappa shape index (κ2) is 38.7. The van der Waals surface area contributed by atoms with E-state index in [1.54, 1.807) is 0 Å². The Bertz CT molecular complexity index is 2040. The molecule has 0 aromatic carbocycles. The number of hydrogen-bond donors (Lipinski definition) is 0. The molecule has 8 rings (SSSR count). The number of alkyl halides is 16. The Morgan fingerprint density at radius 2 is 0.606 bits per heavy atom. The lowest BCUT2D eigenvalue weighted by atomic mass is 9.68. The summed E-state index contributed by atoms with van der Waals surface area (Å²) >= 11 is 0. The molecule has 0 N–H and O–H groups in total. The average Bonchev–Trinajstić information content (AvgIpc) is 0.704. The highest BCUT2D eigenvalue weighted by Gasteiger charge is 2.83. The Hall–Kier alpha value is -3.56. The van der Waals surface area contributed by atoms with Gasteiger partial charge >= 0.3 is 60.8 Å². The highest BCUT2D eigenvalue weighted by atomic mass is 19.4. The monoisotopic (exact) mass is 1400 g/mol. The second-order valence-electron chi connectivity index (χ2n) is 25.3. The van der Waals surface area contributed by atoms with E-state index in [-0.39, 0.29) is 87.9 Å². The van der Waals surface area contributed by atoms with Crippen LogP contribution in [-0.4, -0.2) is 152 Å². The molecule has 0 aromatic heterocycles. The van der Waals surface area contributed by atoms with Gasteiger partial charge in [0.2, 0.25) is 0 Å². The molecule has 10 unspecified atom stereocenters. The molecule has 556 valence electrons. The molecular formula is C62H100F16O16. The molecule has 8 fully saturated rings. The first-order valence-electron chi connectivity index (χ1n) is 31.7. The maximum absolute atomic E-state index is 12.6. The summed E-state index contributed by atoms with van der Waals surface area (Å²) in [7, 11) is 5.96. The van der Waals surface area contributed by atoms with Crippen molar-refractivity contribution in [2.75, 3.05) is 55.6 Å². The molecule has 4 aliphatic heterocycles. The van der Waals surface area contributed by atoms with E-state index in [1.807, 2.05) is 69.2 Å². The van der Waals surface area contributed by atoms with Crippen molar-refractivity contribution in [2.45, 2.75) is 270 Å². The van der Waals surface area contributed by atoms with Crippen LogP contribution in [0, 0.1) is 46.3 Å². The first kappa shape index (κ1) is 88.5. The fourth-order valence-electron chi connectivity index (χ4n) is 10.8. The van der Waals surface area contributed by atoms with Crippen molar-refractivity contribution < 1.29 is 146 Å². The van der Waals surface area contributed by atoms with Gasteiger partial charge in [-0.2, -0.15) is 70.2 Å². The molecule has 16 nitrogen and oxygen atoms in total. The van der Waals surface area contributed by atoms with Crippen molar-refractivity contribution in [3.8, 4) is 0 Å². The summed E-state index contributed by atoms with van der Waals surface area (Å²) < 4.78 is 255. The van der Waals surface area contributed by atoms with Crippen molar-refractivity contribution in [2.24, 2.45) is 46.3 Å². The molecule has 4 saturated carbocycles. The van der Waals surface area contributed by atoms with Gasteiger partial charge in [0.15, 0.2) is 27.2 Å². The molecule has 0 spiro atoms. The molecule has 4 saturated heterocycles. The highest BCUT2D eigenvalue weighted by molar-refractivity contribution is 5.76. The Labute approximate surface area is 541 Å². The van der Waals surface area contributed by atoms with Crippen LogP contribution in [0.3, 0.4) is 0 Å². The maximum atomic E-state index is 12.6. The summed E-state index contributed by atoms with van der Waals surface area (Å²) in [5.74, 6) is -4.66. The van der Waals surface area contributed by atoms with Gasteiger partial charge in [-0.25, -0.2) is 0 Å². The fraction of sp³-hybridized carbons (Fsp3) is 0.935. The van der Waals surface area contributed by atoms with E-state index >= 15 is 0 Å². The number of rotatable bonds is 16. The van der Waals surface area contributed by atoms with E-state index in [1.165, 1.54) is 28.4 Å². The van der Waals surface area contributed by atoms with E-state index in [9.17, 15) is 89.4 Å². The molecule has 10 atom stereocenters. The number of carbonyl (C=O) groups excluding carboxylic acids is 4. The number of hydrogen-bond acceptors (Lipinski definition) is 16. The third kappa shape index (κ3) is 24.4. The van der Waals surface area contributed by atoms with Crippen LogP contribution < -0.4 is 0 Å². The lowest BCUT2D eigenvalue weighted by Gasteiger charge is -2.57. The second-order valence-corrected chi connectivity index (χ2v) is 25.3. The summed E-state index contributed by atoms with van der Waals surface area (Å²) in [6.07, 6.45) is -16.5.